The summed E-state index contributed by atoms with van der Waals surface area (Å²) in [6.45, 7) is 5.06. The fourth-order valence-corrected chi connectivity index (χ4v) is 9.20. The van der Waals surface area contributed by atoms with Crippen LogP contribution in [-0.4, -0.2) is 140 Å². The number of hydrogen-bond donors (Lipinski definition) is 5. The van der Waals surface area contributed by atoms with Gasteiger partial charge in [-0.3, -0.25) is 44.1 Å². The molecular weight excluding hydrogens is 909 g/mol. The van der Waals surface area contributed by atoms with Crippen LogP contribution >= 0.6 is 0 Å². The van der Waals surface area contributed by atoms with Gasteiger partial charge in [-0.05, 0) is 97.5 Å². The molecule has 6 amide bonds. The minimum Gasteiger partial charge on any atom is -0.383 e. The molecule has 4 aliphatic heterocycles. The van der Waals surface area contributed by atoms with Crippen molar-refractivity contribution in [1.29, 1.82) is 0 Å². The molecule has 0 spiro atoms. The van der Waals surface area contributed by atoms with E-state index in [0.29, 0.717) is 105 Å². The molecule has 4 aromatic carbocycles. The van der Waals surface area contributed by atoms with Gasteiger partial charge >= 0.3 is 0 Å². The quantitative estimate of drug-likeness (QED) is 0.0587. The second-order valence-electron chi connectivity index (χ2n) is 17.6. The maximum absolute atomic E-state index is 14.0. The van der Waals surface area contributed by atoms with E-state index in [0.717, 1.165) is 35.1 Å². The average molecular weight is 962 g/mol. The van der Waals surface area contributed by atoms with Crippen molar-refractivity contribution in [2.45, 2.75) is 50.6 Å². The standard InChI is InChI=1S/C50H53F2N9O9/c51-32-24-31(25-33(52)27-32)23-30-1-6-41-40(26-30)46(58-57-41)56-47(64)38-5-3-36(29-42(38)54-34-9-17-68-18-10-34)59-13-15-60(16-14-59)45(63)11-19-69-21-22-70-20-12-53-35-2-4-37-39(28-35)50(67)61(49(37)66)43-7-8-44(62)55-48(43)65/h1-6,24-29,34,43,53-54H,7-23H2,(H,55,62,65)(H2,56,57,58,64). The molecule has 5 N–H and O–H groups in total. The topological polar surface area (TPSA) is 217 Å². The Morgan fingerprint density at radius 2 is 1.54 bits per heavy atom. The number of amides is 6. The number of imide groups is 2. The van der Waals surface area contributed by atoms with E-state index in [1.807, 2.05) is 35.2 Å². The van der Waals surface area contributed by atoms with E-state index in [-0.39, 0.29) is 61.3 Å². The Labute approximate surface area is 401 Å². The summed E-state index contributed by atoms with van der Waals surface area (Å²) in [6, 6.07) is 18.5. The first-order valence-corrected chi connectivity index (χ1v) is 23.5. The van der Waals surface area contributed by atoms with Gasteiger partial charge in [-0.2, -0.15) is 5.10 Å². The molecule has 20 heteroatoms. The predicted molar refractivity (Wildman–Crippen MR) is 254 cm³/mol. The lowest BCUT2D eigenvalue weighted by molar-refractivity contribution is -0.136. The lowest BCUT2D eigenvalue weighted by atomic mass is 10.0. The first-order valence-electron chi connectivity index (χ1n) is 23.5. The van der Waals surface area contributed by atoms with Gasteiger partial charge in [0.1, 0.15) is 17.7 Å². The highest BCUT2D eigenvalue weighted by Crippen LogP contribution is 2.32. The number of aromatic amines is 1. The summed E-state index contributed by atoms with van der Waals surface area (Å²) in [4.78, 5) is 82.0. The molecule has 9 rings (SSSR count). The predicted octanol–water partition coefficient (Wildman–Crippen LogP) is 4.86. The number of carbonyl (C=O) groups is 6. The zero-order chi connectivity index (χ0) is 48.7. The average Bonchev–Trinajstić information content (AvgIpc) is 3.86. The Bertz CT molecular complexity index is 2790. The fraction of sp³-hybridized carbons (Fsp3) is 0.380. The lowest BCUT2D eigenvalue weighted by Gasteiger charge is -2.36. The van der Waals surface area contributed by atoms with E-state index >= 15 is 0 Å². The molecule has 3 saturated heterocycles. The maximum atomic E-state index is 14.0. The van der Waals surface area contributed by atoms with Crippen molar-refractivity contribution in [2.75, 3.05) is 93.2 Å². The molecule has 0 bridgehead atoms. The Kier molecular flexibility index (Phi) is 14.7. The Morgan fingerprint density at radius 1 is 0.786 bits per heavy atom. The van der Waals surface area contributed by atoms with Crippen molar-refractivity contribution in [3.8, 4) is 0 Å². The van der Waals surface area contributed by atoms with Gasteiger partial charge in [0, 0.05) is 86.9 Å². The number of nitrogens with one attached hydrogen (secondary N) is 5. The van der Waals surface area contributed by atoms with Gasteiger partial charge in [-0.1, -0.05) is 6.07 Å². The second kappa shape index (κ2) is 21.6. The van der Waals surface area contributed by atoms with Crippen LogP contribution in [0.25, 0.3) is 10.9 Å². The molecule has 18 nitrogen and oxygen atoms in total. The molecule has 0 radical (unpaired) electrons. The van der Waals surface area contributed by atoms with Crippen LogP contribution < -0.4 is 26.2 Å². The van der Waals surface area contributed by atoms with E-state index in [1.165, 1.54) is 12.1 Å². The summed E-state index contributed by atoms with van der Waals surface area (Å²) in [5, 5.41) is 19.9. The highest BCUT2D eigenvalue weighted by molar-refractivity contribution is 6.23. The number of piperazine rings is 1. The van der Waals surface area contributed by atoms with E-state index in [1.54, 1.807) is 24.3 Å². The van der Waals surface area contributed by atoms with Gasteiger partial charge in [-0.25, -0.2) is 8.78 Å². The smallest absolute Gasteiger partial charge is 0.262 e. The first-order chi connectivity index (χ1) is 34.0. The van der Waals surface area contributed by atoms with Crippen molar-refractivity contribution in [3.05, 3.63) is 112 Å². The second-order valence-corrected chi connectivity index (χ2v) is 17.6. The number of ether oxygens (including phenoxy) is 3. The number of benzene rings is 4. The van der Waals surface area contributed by atoms with Crippen LogP contribution in [0.2, 0.25) is 0 Å². The molecule has 1 atom stereocenters. The molecule has 4 aliphatic rings. The zero-order valence-corrected chi connectivity index (χ0v) is 38.3. The molecule has 70 heavy (non-hydrogen) atoms. The molecular formula is C50H53F2N9O9. The van der Waals surface area contributed by atoms with Crippen molar-refractivity contribution in [1.82, 2.24) is 25.3 Å². The van der Waals surface area contributed by atoms with Crippen molar-refractivity contribution >= 4 is 69.2 Å². The molecule has 1 unspecified atom stereocenters. The number of H-pyrrole nitrogens is 1. The molecule has 5 aromatic rings. The van der Waals surface area contributed by atoms with Gasteiger partial charge < -0.3 is 40.0 Å². The summed E-state index contributed by atoms with van der Waals surface area (Å²) in [5.74, 6) is -3.55. The fourth-order valence-electron chi connectivity index (χ4n) is 9.20. The SMILES string of the molecule is O=C1CCC(N2C(=O)c3ccc(NCCOCCOCCC(=O)N4CCN(c5ccc(C(=O)Nc6n[nH]c7ccc(Cc8cc(F)cc(F)c8)cc67)c(NC6CCOCC6)c5)CC4)cc3C2=O)C(=O)N1. The summed E-state index contributed by atoms with van der Waals surface area (Å²) in [7, 11) is 0. The number of rotatable bonds is 18. The molecule has 0 aliphatic carbocycles. The number of aromatic nitrogens is 2. The van der Waals surface area contributed by atoms with Crippen LogP contribution in [0, 0.1) is 11.6 Å². The number of piperidine rings is 1. The lowest BCUT2D eigenvalue weighted by Crippen LogP contribution is -2.54. The van der Waals surface area contributed by atoms with Crippen molar-refractivity contribution in [3.63, 3.8) is 0 Å². The largest absolute Gasteiger partial charge is 0.383 e. The first kappa shape index (κ1) is 47.8. The van der Waals surface area contributed by atoms with Crippen LogP contribution in [0.3, 0.4) is 0 Å². The van der Waals surface area contributed by atoms with Gasteiger partial charge in [0.05, 0.1) is 55.1 Å². The van der Waals surface area contributed by atoms with Crippen LogP contribution in [0.4, 0.5) is 31.7 Å². The zero-order valence-electron chi connectivity index (χ0n) is 38.3. The number of halogens is 2. The highest BCUT2D eigenvalue weighted by atomic mass is 19.1. The van der Waals surface area contributed by atoms with E-state index < -0.39 is 41.3 Å². The summed E-state index contributed by atoms with van der Waals surface area (Å²) in [6.07, 6.45) is 2.22. The van der Waals surface area contributed by atoms with Crippen molar-refractivity contribution in [2.24, 2.45) is 0 Å². The van der Waals surface area contributed by atoms with Gasteiger partial charge in [0.15, 0.2) is 5.82 Å². The monoisotopic (exact) mass is 961 g/mol. The number of anilines is 4. The molecule has 0 saturated carbocycles. The van der Waals surface area contributed by atoms with E-state index in [9.17, 15) is 37.5 Å². The number of hydrogen-bond acceptors (Lipinski definition) is 13. The third kappa shape index (κ3) is 11.1. The molecule has 5 heterocycles. The minimum absolute atomic E-state index is 0.00529. The molecule has 1 aromatic heterocycles. The van der Waals surface area contributed by atoms with Crippen LogP contribution in [0.5, 0.6) is 0 Å². The van der Waals surface area contributed by atoms with Gasteiger partial charge in [-0.15, -0.1) is 0 Å². The number of nitrogens with zero attached hydrogens (tertiary/aromatic N) is 4. The Balaban J connectivity index is 0.711. The summed E-state index contributed by atoms with van der Waals surface area (Å²) in [5.41, 5.74) is 4.99. The van der Waals surface area contributed by atoms with Crippen LogP contribution in [0.15, 0.2) is 72.8 Å². The summed E-state index contributed by atoms with van der Waals surface area (Å²) < 4.78 is 44.7. The number of fused-ring (bicyclic) bond motifs is 2. The third-order valence-corrected chi connectivity index (χ3v) is 12.9. The van der Waals surface area contributed by atoms with Crippen LogP contribution in [0.1, 0.15) is 74.3 Å². The Hall–Kier alpha value is -7.29. The normalized spacial score (nSPS) is 17.5. The third-order valence-electron chi connectivity index (χ3n) is 12.9. The minimum atomic E-state index is -1.03. The highest BCUT2D eigenvalue weighted by Gasteiger charge is 2.44. The van der Waals surface area contributed by atoms with Crippen molar-refractivity contribution < 1.29 is 51.8 Å². The van der Waals surface area contributed by atoms with Gasteiger partial charge in [0.2, 0.25) is 17.7 Å². The van der Waals surface area contributed by atoms with Crippen LogP contribution in [-0.2, 0) is 35.0 Å². The number of carbonyl (C=O) groups excluding carboxylic acids is 6. The molecule has 366 valence electrons. The summed E-state index contributed by atoms with van der Waals surface area (Å²) >= 11 is 0. The van der Waals surface area contributed by atoms with Gasteiger partial charge in [0.25, 0.3) is 17.7 Å². The van der Waals surface area contributed by atoms with E-state index in [2.05, 4.69) is 36.4 Å². The maximum Gasteiger partial charge on any atom is 0.262 e. The molecule has 3 fully saturated rings. The van der Waals surface area contributed by atoms with E-state index in [4.69, 9.17) is 14.2 Å². The Morgan fingerprint density at radius 3 is 2.31 bits per heavy atom.